The Labute approximate surface area is 102 Å². The Morgan fingerprint density at radius 1 is 1.61 bits per heavy atom. The average molecular weight is 255 g/mol. The average Bonchev–Trinajstić information content (AvgIpc) is 2.94. The number of aliphatic hydroxyl groups excluding tert-OH is 1. The van der Waals surface area contributed by atoms with Crippen LogP contribution in [0.25, 0.3) is 0 Å². The van der Waals surface area contributed by atoms with E-state index >= 15 is 0 Å². The molecule has 1 aliphatic heterocycles. The fraction of sp³-hybridized carbons (Fsp3) is 0.556. The molecule has 1 fully saturated rings. The number of carbonyl (C=O) groups is 2. The Balaban J connectivity index is 1.93. The number of urea groups is 1. The minimum atomic E-state index is -1.12. The number of aromatic nitrogens is 3. The Hall–Kier alpha value is -2.16. The number of likely N-dealkylation sites (tertiary alicyclic amines) is 1. The molecule has 2 rings (SSSR count). The van der Waals surface area contributed by atoms with E-state index in [-0.39, 0.29) is 19.5 Å². The molecular formula is C9H13N5O4. The van der Waals surface area contributed by atoms with E-state index < -0.39 is 24.1 Å². The van der Waals surface area contributed by atoms with E-state index in [0.717, 1.165) is 4.90 Å². The van der Waals surface area contributed by atoms with Gasteiger partial charge in [-0.1, -0.05) is 0 Å². The number of carboxylic acids is 1. The van der Waals surface area contributed by atoms with Gasteiger partial charge in [-0.3, -0.25) is 5.10 Å². The number of carbonyl (C=O) groups excluding carboxylic acids is 1. The molecule has 1 unspecified atom stereocenters. The van der Waals surface area contributed by atoms with Crippen LogP contribution in [0, 0.1) is 0 Å². The molecule has 0 bridgehead atoms. The number of aliphatic hydroxyl groups is 1. The number of hydrogen-bond acceptors (Lipinski definition) is 5. The smallest absolute Gasteiger partial charge is 0.326 e. The molecule has 0 saturated carbocycles. The summed E-state index contributed by atoms with van der Waals surface area (Å²) in [6.07, 6.45) is 0.550. The second-order valence-corrected chi connectivity index (χ2v) is 3.99. The maximum Gasteiger partial charge on any atom is 0.326 e. The number of hydrogen-bond donors (Lipinski definition) is 4. The van der Waals surface area contributed by atoms with E-state index in [4.69, 9.17) is 5.11 Å². The highest BCUT2D eigenvalue weighted by Crippen LogP contribution is 2.18. The molecule has 1 saturated heterocycles. The fourth-order valence-electron chi connectivity index (χ4n) is 1.85. The highest BCUT2D eigenvalue weighted by atomic mass is 16.4. The molecule has 9 heteroatoms. The first kappa shape index (κ1) is 12.3. The van der Waals surface area contributed by atoms with Crippen LogP contribution in [0.4, 0.5) is 4.79 Å². The standard InChI is InChI=1S/C9H13N5O4/c15-5-1-6(8(16)17)14(3-5)9(18)10-2-7-11-4-12-13-7/h4-6,15H,1-3H2,(H,10,18)(H,16,17)(H,11,12,13)/t5?,6-/m0/s1. The molecule has 98 valence electrons. The Bertz CT molecular complexity index is 434. The predicted molar refractivity (Wildman–Crippen MR) is 57.4 cm³/mol. The topological polar surface area (TPSA) is 131 Å². The Morgan fingerprint density at radius 2 is 2.39 bits per heavy atom. The van der Waals surface area contributed by atoms with Gasteiger partial charge in [0.2, 0.25) is 0 Å². The van der Waals surface area contributed by atoms with Crippen LogP contribution in [0.1, 0.15) is 12.2 Å². The van der Waals surface area contributed by atoms with Crippen molar-refractivity contribution in [3.05, 3.63) is 12.2 Å². The molecule has 18 heavy (non-hydrogen) atoms. The minimum Gasteiger partial charge on any atom is -0.480 e. The molecule has 0 spiro atoms. The normalized spacial score (nSPS) is 23.1. The zero-order valence-corrected chi connectivity index (χ0v) is 9.41. The van der Waals surface area contributed by atoms with E-state index in [2.05, 4.69) is 20.5 Å². The summed E-state index contributed by atoms with van der Waals surface area (Å²) in [6, 6.07) is -1.54. The van der Waals surface area contributed by atoms with E-state index in [9.17, 15) is 14.7 Å². The van der Waals surface area contributed by atoms with Gasteiger partial charge in [-0.25, -0.2) is 14.6 Å². The molecule has 2 heterocycles. The highest BCUT2D eigenvalue weighted by molar-refractivity contribution is 5.83. The van der Waals surface area contributed by atoms with Gasteiger partial charge >= 0.3 is 12.0 Å². The fourth-order valence-corrected chi connectivity index (χ4v) is 1.85. The molecule has 9 nitrogen and oxygen atoms in total. The maximum atomic E-state index is 11.8. The number of β-amino-alcohol motifs (C(OH)–C–C–N with tert-alkyl or cyclic N) is 1. The third-order valence-corrected chi connectivity index (χ3v) is 2.70. The van der Waals surface area contributed by atoms with Crippen LogP contribution < -0.4 is 5.32 Å². The highest BCUT2D eigenvalue weighted by Gasteiger charge is 2.38. The SMILES string of the molecule is O=C(O)[C@@H]1CC(O)CN1C(=O)NCc1ncn[nH]1. The zero-order chi connectivity index (χ0) is 13.1. The summed E-state index contributed by atoms with van der Waals surface area (Å²) in [4.78, 5) is 27.6. The number of nitrogens with one attached hydrogen (secondary N) is 2. The second-order valence-electron chi connectivity index (χ2n) is 3.99. The van der Waals surface area contributed by atoms with Crippen molar-refractivity contribution in [3.8, 4) is 0 Å². The lowest BCUT2D eigenvalue weighted by molar-refractivity contribution is -0.141. The predicted octanol–water partition coefficient (Wildman–Crippen LogP) is -1.47. The first-order valence-corrected chi connectivity index (χ1v) is 5.37. The van der Waals surface area contributed by atoms with E-state index in [1.165, 1.54) is 6.33 Å². The van der Waals surface area contributed by atoms with Crippen LogP contribution in [0.2, 0.25) is 0 Å². The Kier molecular flexibility index (Phi) is 3.42. The van der Waals surface area contributed by atoms with Crippen LogP contribution in [0.3, 0.4) is 0 Å². The summed E-state index contributed by atoms with van der Waals surface area (Å²) >= 11 is 0. The van der Waals surface area contributed by atoms with Gasteiger partial charge in [-0.2, -0.15) is 5.10 Å². The van der Waals surface area contributed by atoms with Gasteiger partial charge in [0.05, 0.1) is 12.6 Å². The summed E-state index contributed by atoms with van der Waals surface area (Å²) in [6.45, 7) is 0.136. The summed E-state index contributed by atoms with van der Waals surface area (Å²) in [5.74, 6) is -0.656. The van der Waals surface area contributed by atoms with E-state index in [1.807, 2.05) is 0 Å². The third-order valence-electron chi connectivity index (χ3n) is 2.70. The molecule has 2 atom stereocenters. The van der Waals surface area contributed by atoms with Crippen LogP contribution in [-0.4, -0.2) is 61.0 Å². The van der Waals surface area contributed by atoms with Crippen molar-refractivity contribution in [2.75, 3.05) is 6.54 Å². The number of rotatable bonds is 3. The molecular weight excluding hydrogens is 242 g/mol. The first-order valence-electron chi connectivity index (χ1n) is 5.37. The van der Waals surface area contributed by atoms with E-state index in [0.29, 0.717) is 5.82 Å². The van der Waals surface area contributed by atoms with E-state index in [1.54, 1.807) is 0 Å². The number of aliphatic carboxylic acids is 1. The molecule has 0 aliphatic carbocycles. The van der Waals surface area contributed by atoms with Crippen molar-refractivity contribution in [1.29, 1.82) is 0 Å². The van der Waals surface area contributed by atoms with Gasteiger partial charge in [0.25, 0.3) is 0 Å². The number of nitrogens with zero attached hydrogens (tertiary/aromatic N) is 3. The third kappa shape index (κ3) is 2.56. The minimum absolute atomic E-state index is 0.0131. The van der Waals surface area contributed by atoms with Crippen LogP contribution in [0.5, 0.6) is 0 Å². The second kappa shape index (κ2) is 5.00. The Morgan fingerprint density at radius 3 is 3.00 bits per heavy atom. The van der Waals surface area contributed by atoms with Gasteiger partial charge in [-0.15, -0.1) is 0 Å². The lowest BCUT2D eigenvalue weighted by atomic mass is 10.2. The lowest BCUT2D eigenvalue weighted by Crippen LogP contribution is -2.46. The summed E-state index contributed by atoms with van der Waals surface area (Å²) < 4.78 is 0. The summed E-state index contributed by atoms with van der Waals surface area (Å²) in [5.41, 5.74) is 0. The molecule has 0 radical (unpaired) electrons. The van der Waals surface area contributed by atoms with Gasteiger partial charge < -0.3 is 20.4 Å². The molecule has 2 amide bonds. The number of carboxylic acid groups (broad SMARTS) is 1. The molecule has 1 aromatic heterocycles. The molecule has 1 aliphatic rings. The molecule has 4 N–H and O–H groups in total. The van der Waals surface area contributed by atoms with Crippen LogP contribution >= 0.6 is 0 Å². The van der Waals surface area contributed by atoms with Crippen molar-refractivity contribution in [3.63, 3.8) is 0 Å². The largest absolute Gasteiger partial charge is 0.480 e. The molecule has 1 aromatic rings. The lowest BCUT2D eigenvalue weighted by Gasteiger charge is -2.21. The van der Waals surface area contributed by atoms with Gasteiger partial charge in [0, 0.05) is 13.0 Å². The maximum absolute atomic E-state index is 11.8. The van der Waals surface area contributed by atoms with Crippen molar-refractivity contribution in [2.45, 2.75) is 25.1 Å². The van der Waals surface area contributed by atoms with Gasteiger partial charge in [0.15, 0.2) is 0 Å². The zero-order valence-electron chi connectivity index (χ0n) is 9.41. The van der Waals surface area contributed by atoms with Crippen LogP contribution in [0.15, 0.2) is 6.33 Å². The van der Waals surface area contributed by atoms with Crippen molar-refractivity contribution >= 4 is 12.0 Å². The van der Waals surface area contributed by atoms with Crippen molar-refractivity contribution in [1.82, 2.24) is 25.4 Å². The van der Waals surface area contributed by atoms with Crippen molar-refractivity contribution < 1.29 is 19.8 Å². The van der Waals surface area contributed by atoms with Gasteiger partial charge in [0.1, 0.15) is 18.2 Å². The number of aromatic amines is 1. The first-order chi connectivity index (χ1) is 8.58. The van der Waals surface area contributed by atoms with Gasteiger partial charge in [-0.05, 0) is 0 Å². The van der Waals surface area contributed by atoms with Crippen LogP contribution in [-0.2, 0) is 11.3 Å². The summed E-state index contributed by atoms with van der Waals surface area (Å²) in [5, 5.41) is 27.0. The quantitative estimate of drug-likeness (QED) is 0.521. The number of amides is 2. The monoisotopic (exact) mass is 255 g/mol. The summed E-state index contributed by atoms with van der Waals surface area (Å²) in [7, 11) is 0. The molecule has 0 aromatic carbocycles. The number of H-pyrrole nitrogens is 1. The van der Waals surface area contributed by atoms with Crippen molar-refractivity contribution in [2.24, 2.45) is 0 Å².